The van der Waals surface area contributed by atoms with Crippen LogP contribution in [0.3, 0.4) is 0 Å². The van der Waals surface area contributed by atoms with Crippen molar-refractivity contribution in [2.45, 2.75) is 39.2 Å². The van der Waals surface area contributed by atoms with Gasteiger partial charge < -0.3 is 10.1 Å². The van der Waals surface area contributed by atoms with Gasteiger partial charge in [0.2, 0.25) is 0 Å². The van der Waals surface area contributed by atoms with Crippen LogP contribution in [0.4, 0.5) is 0 Å². The first kappa shape index (κ1) is 15.0. The molecule has 0 radical (unpaired) electrons. The summed E-state index contributed by atoms with van der Waals surface area (Å²) in [5.74, 6) is 0.583. The van der Waals surface area contributed by atoms with Crippen molar-refractivity contribution in [2.75, 3.05) is 19.7 Å². The molecule has 3 heteroatoms. The summed E-state index contributed by atoms with van der Waals surface area (Å²) < 4.78 is 7.24. The highest BCUT2D eigenvalue weighted by Gasteiger charge is 2.28. The molecule has 1 aromatic carbocycles. The lowest BCUT2D eigenvalue weighted by atomic mass is 9.89. The standard InChI is InChI=1S/C16H24BrNO/c1-3-8-18-11-13-5-4-9-19-16(13)14-7-6-12(2)10-15(14)17/h6-7,10,13,16,18H,3-5,8-9,11H2,1-2H3. The minimum atomic E-state index is 0.230. The lowest BCUT2D eigenvalue weighted by Gasteiger charge is -2.33. The third kappa shape index (κ3) is 4.04. The maximum Gasteiger partial charge on any atom is 0.0876 e. The van der Waals surface area contributed by atoms with E-state index in [1.54, 1.807) is 0 Å². The van der Waals surface area contributed by atoms with Crippen LogP contribution in [0.2, 0.25) is 0 Å². The molecule has 2 rings (SSSR count). The molecule has 1 N–H and O–H groups in total. The zero-order valence-corrected chi connectivity index (χ0v) is 13.5. The zero-order valence-electron chi connectivity index (χ0n) is 11.9. The second-order valence-electron chi connectivity index (χ2n) is 5.42. The monoisotopic (exact) mass is 325 g/mol. The first-order valence-electron chi connectivity index (χ1n) is 7.30. The van der Waals surface area contributed by atoms with Crippen molar-refractivity contribution >= 4 is 15.9 Å². The van der Waals surface area contributed by atoms with Gasteiger partial charge >= 0.3 is 0 Å². The molecular formula is C16H24BrNO. The highest BCUT2D eigenvalue weighted by Crippen LogP contribution is 2.37. The maximum atomic E-state index is 6.06. The predicted octanol–water partition coefficient (Wildman–Crippen LogP) is 4.22. The molecule has 0 saturated carbocycles. The molecular weight excluding hydrogens is 302 g/mol. The number of rotatable bonds is 5. The van der Waals surface area contributed by atoms with E-state index in [4.69, 9.17) is 4.74 Å². The number of hydrogen-bond donors (Lipinski definition) is 1. The first-order valence-corrected chi connectivity index (χ1v) is 8.10. The molecule has 1 aliphatic rings. The Hall–Kier alpha value is -0.380. The van der Waals surface area contributed by atoms with Gasteiger partial charge in [-0.05, 0) is 49.9 Å². The SMILES string of the molecule is CCCNCC1CCCOC1c1ccc(C)cc1Br. The second kappa shape index (κ2) is 7.41. The number of hydrogen-bond acceptors (Lipinski definition) is 2. The fourth-order valence-electron chi connectivity index (χ4n) is 2.72. The zero-order chi connectivity index (χ0) is 13.7. The number of aryl methyl sites for hydroxylation is 1. The van der Waals surface area contributed by atoms with E-state index in [-0.39, 0.29) is 6.10 Å². The van der Waals surface area contributed by atoms with Gasteiger partial charge in [0.05, 0.1) is 6.10 Å². The smallest absolute Gasteiger partial charge is 0.0876 e. The fraction of sp³-hybridized carbons (Fsp3) is 0.625. The lowest BCUT2D eigenvalue weighted by molar-refractivity contribution is -0.0281. The molecule has 2 nitrogen and oxygen atoms in total. The molecule has 1 heterocycles. The third-order valence-electron chi connectivity index (χ3n) is 3.74. The van der Waals surface area contributed by atoms with E-state index in [0.717, 1.165) is 19.7 Å². The normalized spacial score (nSPS) is 23.5. The molecule has 1 fully saturated rings. The highest BCUT2D eigenvalue weighted by molar-refractivity contribution is 9.10. The summed E-state index contributed by atoms with van der Waals surface area (Å²) in [4.78, 5) is 0. The molecule has 1 saturated heterocycles. The number of ether oxygens (including phenoxy) is 1. The molecule has 2 unspecified atom stereocenters. The van der Waals surface area contributed by atoms with Gasteiger partial charge in [0.25, 0.3) is 0 Å². The molecule has 1 aliphatic heterocycles. The Morgan fingerprint density at radius 2 is 2.26 bits per heavy atom. The van der Waals surface area contributed by atoms with E-state index in [9.17, 15) is 0 Å². The molecule has 2 atom stereocenters. The minimum Gasteiger partial charge on any atom is -0.373 e. The Bertz CT molecular complexity index is 408. The summed E-state index contributed by atoms with van der Waals surface area (Å²) in [6.07, 6.45) is 3.85. The fourth-order valence-corrected chi connectivity index (χ4v) is 3.44. The van der Waals surface area contributed by atoms with Crippen LogP contribution in [0.15, 0.2) is 22.7 Å². The van der Waals surface area contributed by atoms with Crippen LogP contribution < -0.4 is 5.32 Å². The van der Waals surface area contributed by atoms with Crippen molar-refractivity contribution < 1.29 is 4.74 Å². The van der Waals surface area contributed by atoms with Gasteiger partial charge in [0, 0.05) is 23.5 Å². The van der Waals surface area contributed by atoms with Crippen molar-refractivity contribution in [1.29, 1.82) is 0 Å². The molecule has 0 amide bonds. The molecule has 0 bridgehead atoms. The van der Waals surface area contributed by atoms with E-state index in [1.807, 2.05) is 0 Å². The molecule has 1 aromatic rings. The molecule has 0 aliphatic carbocycles. The number of nitrogens with one attached hydrogen (secondary N) is 1. The van der Waals surface area contributed by atoms with Crippen molar-refractivity contribution in [3.05, 3.63) is 33.8 Å². The summed E-state index contributed by atoms with van der Waals surface area (Å²) in [5, 5.41) is 3.54. The van der Waals surface area contributed by atoms with Gasteiger partial charge in [-0.2, -0.15) is 0 Å². The van der Waals surface area contributed by atoms with E-state index >= 15 is 0 Å². The average Bonchev–Trinajstić information content (AvgIpc) is 2.40. The summed E-state index contributed by atoms with van der Waals surface area (Å²) in [6, 6.07) is 6.57. The predicted molar refractivity (Wildman–Crippen MR) is 83.5 cm³/mol. The molecule has 0 aromatic heterocycles. The average molecular weight is 326 g/mol. The van der Waals surface area contributed by atoms with Gasteiger partial charge in [0.1, 0.15) is 0 Å². The van der Waals surface area contributed by atoms with E-state index in [0.29, 0.717) is 5.92 Å². The third-order valence-corrected chi connectivity index (χ3v) is 4.43. The molecule has 0 spiro atoms. The second-order valence-corrected chi connectivity index (χ2v) is 6.28. The van der Waals surface area contributed by atoms with Gasteiger partial charge in [-0.3, -0.25) is 0 Å². The van der Waals surface area contributed by atoms with E-state index in [2.05, 4.69) is 53.3 Å². The van der Waals surface area contributed by atoms with Crippen LogP contribution in [-0.4, -0.2) is 19.7 Å². The quantitative estimate of drug-likeness (QED) is 0.818. The van der Waals surface area contributed by atoms with E-state index in [1.165, 1.54) is 34.9 Å². The van der Waals surface area contributed by atoms with Gasteiger partial charge in [0.15, 0.2) is 0 Å². The van der Waals surface area contributed by atoms with Crippen molar-refractivity contribution in [1.82, 2.24) is 5.32 Å². The Morgan fingerprint density at radius 1 is 1.42 bits per heavy atom. The maximum absolute atomic E-state index is 6.06. The lowest BCUT2D eigenvalue weighted by Crippen LogP contribution is -2.32. The molecule has 19 heavy (non-hydrogen) atoms. The van der Waals surface area contributed by atoms with Crippen molar-refractivity contribution in [2.24, 2.45) is 5.92 Å². The van der Waals surface area contributed by atoms with Gasteiger partial charge in [-0.25, -0.2) is 0 Å². The van der Waals surface area contributed by atoms with Gasteiger partial charge in [-0.1, -0.05) is 35.0 Å². The van der Waals surface area contributed by atoms with E-state index < -0.39 is 0 Å². The summed E-state index contributed by atoms with van der Waals surface area (Å²) >= 11 is 3.69. The Labute approximate surface area is 125 Å². The van der Waals surface area contributed by atoms with Crippen molar-refractivity contribution in [3.63, 3.8) is 0 Å². The topological polar surface area (TPSA) is 21.3 Å². The number of halogens is 1. The van der Waals surface area contributed by atoms with Crippen LogP contribution in [-0.2, 0) is 4.74 Å². The van der Waals surface area contributed by atoms with Crippen LogP contribution >= 0.6 is 15.9 Å². The Balaban J connectivity index is 2.09. The van der Waals surface area contributed by atoms with Crippen LogP contribution in [0.5, 0.6) is 0 Å². The number of benzene rings is 1. The summed E-state index contributed by atoms with van der Waals surface area (Å²) in [5.41, 5.74) is 2.58. The molecule has 106 valence electrons. The largest absolute Gasteiger partial charge is 0.373 e. The van der Waals surface area contributed by atoms with Gasteiger partial charge in [-0.15, -0.1) is 0 Å². The van der Waals surface area contributed by atoms with Crippen LogP contribution in [0.25, 0.3) is 0 Å². The summed E-state index contributed by atoms with van der Waals surface area (Å²) in [6.45, 7) is 7.36. The Morgan fingerprint density at radius 3 is 3.00 bits per heavy atom. The van der Waals surface area contributed by atoms with Crippen molar-refractivity contribution in [3.8, 4) is 0 Å². The first-order chi connectivity index (χ1) is 9.22. The Kier molecular flexibility index (Phi) is 5.86. The van der Waals surface area contributed by atoms with Crippen LogP contribution in [0, 0.1) is 12.8 Å². The van der Waals surface area contributed by atoms with Crippen LogP contribution in [0.1, 0.15) is 43.4 Å². The summed E-state index contributed by atoms with van der Waals surface area (Å²) in [7, 11) is 0. The highest BCUT2D eigenvalue weighted by atomic mass is 79.9. The minimum absolute atomic E-state index is 0.230.